The fourth-order valence-electron chi connectivity index (χ4n) is 4.60. The minimum Gasteiger partial charge on any atom is -0.467 e. The first-order chi connectivity index (χ1) is 17.8. The van der Waals surface area contributed by atoms with E-state index in [9.17, 15) is 14.4 Å². The Morgan fingerprint density at radius 3 is 2.27 bits per heavy atom. The van der Waals surface area contributed by atoms with Crippen LogP contribution in [0.2, 0.25) is 0 Å². The number of amides is 1. The molecular weight excluding hydrogens is 472 g/mol. The molecule has 2 aromatic rings. The van der Waals surface area contributed by atoms with Gasteiger partial charge in [-0.25, -0.2) is 4.79 Å². The van der Waals surface area contributed by atoms with Crippen molar-refractivity contribution in [1.82, 2.24) is 5.32 Å². The number of esters is 2. The molecule has 1 aliphatic rings. The van der Waals surface area contributed by atoms with Gasteiger partial charge in [-0.1, -0.05) is 54.6 Å². The third-order valence-corrected chi connectivity index (χ3v) is 6.42. The van der Waals surface area contributed by atoms with Crippen LogP contribution >= 0.6 is 0 Å². The number of hydrogen-bond donors (Lipinski definition) is 4. The number of carbonyl (C=O) groups is 3. The molecule has 0 aromatic heterocycles. The number of hydrogen-bond acceptors (Lipinski definition) is 5. The van der Waals surface area contributed by atoms with Crippen molar-refractivity contribution in [2.75, 3.05) is 20.3 Å². The largest absolute Gasteiger partial charge is 0.467 e. The van der Waals surface area contributed by atoms with E-state index < -0.39 is 29.8 Å². The van der Waals surface area contributed by atoms with Crippen molar-refractivity contribution < 1.29 is 28.8 Å². The Labute approximate surface area is 216 Å². The average Bonchev–Trinajstić information content (AvgIpc) is 3.22. The zero-order valence-corrected chi connectivity index (χ0v) is 21.1. The first-order valence-electron chi connectivity index (χ1n) is 12.3. The number of methoxy groups -OCH3 is 1. The molecule has 0 fully saturated rings. The van der Waals surface area contributed by atoms with Crippen LogP contribution in [0.1, 0.15) is 42.7 Å². The van der Waals surface area contributed by atoms with Crippen molar-refractivity contribution in [3.05, 3.63) is 72.3 Å². The summed E-state index contributed by atoms with van der Waals surface area (Å²) in [5.74, 6) is -2.22. The second-order valence-electron chi connectivity index (χ2n) is 8.94. The molecular formula is C28H35N4O5+. The Bertz CT molecular complexity index is 1110. The smallest absolute Gasteiger partial charge is 0.338 e. The van der Waals surface area contributed by atoms with E-state index in [1.807, 2.05) is 36.4 Å². The van der Waals surface area contributed by atoms with Gasteiger partial charge in [0.15, 0.2) is 0 Å². The summed E-state index contributed by atoms with van der Waals surface area (Å²) >= 11 is 0. The molecule has 196 valence electrons. The predicted octanol–water partition coefficient (Wildman–Crippen LogP) is 0.717. The van der Waals surface area contributed by atoms with Crippen LogP contribution in [0.25, 0.3) is 11.1 Å². The van der Waals surface area contributed by atoms with Gasteiger partial charge in [0, 0.05) is 11.8 Å². The van der Waals surface area contributed by atoms with E-state index >= 15 is 0 Å². The highest BCUT2D eigenvalue weighted by molar-refractivity contribution is 5.88. The first kappa shape index (κ1) is 27.4. The summed E-state index contributed by atoms with van der Waals surface area (Å²) in [5.41, 5.74) is 15.4. The molecule has 0 unspecified atom stereocenters. The summed E-state index contributed by atoms with van der Waals surface area (Å²) in [4.78, 5) is 40.8. The Morgan fingerprint density at radius 1 is 1.08 bits per heavy atom. The van der Waals surface area contributed by atoms with Gasteiger partial charge >= 0.3 is 17.9 Å². The summed E-state index contributed by atoms with van der Waals surface area (Å²) < 4.78 is 10.5. The Balaban J connectivity index is 1.67. The van der Waals surface area contributed by atoms with Gasteiger partial charge < -0.3 is 14.8 Å². The van der Waals surface area contributed by atoms with Gasteiger partial charge in [-0.05, 0) is 41.5 Å². The minimum atomic E-state index is -0.883. The molecule has 1 amide bonds. The van der Waals surface area contributed by atoms with Crippen LogP contribution in [0.3, 0.4) is 0 Å². The lowest BCUT2D eigenvalue weighted by atomic mass is 9.97. The number of nitrogens with one attached hydrogen (secondary N) is 2. The van der Waals surface area contributed by atoms with Crippen LogP contribution in [0, 0.1) is 5.92 Å². The molecule has 6 N–H and O–H groups in total. The number of fused-ring (bicyclic) bond motifs is 3. The molecule has 0 radical (unpaired) electrons. The maximum absolute atomic E-state index is 13.1. The number of guanidine groups is 1. The van der Waals surface area contributed by atoms with E-state index in [0.717, 1.165) is 22.3 Å². The van der Waals surface area contributed by atoms with Crippen LogP contribution in [0.4, 0.5) is 0 Å². The highest BCUT2D eigenvalue weighted by Crippen LogP contribution is 2.44. The summed E-state index contributed by atoms with van der Waals surface area (Å²) in [6.07, 6.45) is 2.48. The molecule has 2 aromatic carbocycles. The average molecular weight is 508 g/mol. The summed E-state index contributed by atoms with van der Waals surface area (Å²) in [6, 6.07) is 15.3. The van der Waals surface area contributed by atoms with E-state index in [-0.39, 0.29) is 31.3 Å². The lowest BCUT2D eigenvalue weighted by Crippen LogP contribution is -2.78. The van der Waals surface area contributed by atoms with E-state index in [1.165, 1.54) is 13.2 Å². The van der Waals surface area contributed by atoms with Crippen LogP contribution < -0.4 is 21.8 Å². The van der Waals surface area contributed by atoms with Crippen molar-refractivity contribution in [1.29, 1.82) is 0 Å². The highest BCUT2D eigenvalue weighted by atomic mass is 16.5. The lowest BCUT2D eigenvalue weighted by molar-refractivity contribution is -0.459. The molecule has 0 saturated heterocycles. The minimum absolute atomic E-state index is 0.0767. The van der Waals surface area contributed by atoms with E-state index in [0.29, 0.717) is 19.4 Å². The summed E-state index contributed by atoms with van der Waals surface area (Å²) in [6.45, 7) is 4.23. The quantitative estimate of drug-likeness (QED) is 0.103. The maximum atomic E-state index is 13.1. The van der Waals surface area contributed by atoms with Crippen molar-refractivity contribution in [3.63, 3.8) is 0 Å². The van der Waals surface area contributed by atoms with Crippen LogP contribution in [-0.4, -0.2) is 50.1 Å². The van der Waals surface area contributed by atoms with Gasteiger partial charge in [0.1, 0.15) is 12.6 Å². The highest BCUT2D eigenvalue weighted by Gasteiger charge is 2.31. The van der Waals surface area contributed by atoms with Crippen LogP contribution in [0.5, 0.6) is 0 Å². The fourth-order valence-corrected chi connectivity index (χ4v) is 4.60. The zero-order valence-electron chi connectivity index (χ0n) is 21.1. The molecule has 1 aliphatic carbocycles. The number of benzene rings is 2. The normalized spacial score (nSPS) is 13.4. The van der Waals surface area contributed by atoms with E-state index in [4.69, 9.17) is 20.9 Å². The topological polar surface area (TPSA) is 148 Å². The monoisotopic (exact) mass is 507 g/mol. The van der Waals surface area contributed by atoms with Crippen molar-refractivity contribution in [2.24, 2.45) is 17.4 Å². The van der Waals surface area contributed by atoms with Gasteiger partial charge in [-0.15, -0.1) is 6.58 Å². The SMILES string of the molecule is C=CC[C@@H](NC(=O)[C@H](CCC[NH+]=C(N)N)CC(=O)OCC1c2ccccc2-c2ccccc21)C(=O)OC. The van der Waals surface area contributed by atoms with Gasteiger partial charge in [0.25, 0.3) is 0 Å². The summed E-state index contributed by atoms with van der Waals surface area (Å²) in [5, 5.41) is 2.68. The molecule has 0 spiro atoms. The molecule has 3 rings (SSSR count). The first-order valence-corrected chi connectivity index (χ1v) is 12.3. The Kier molecular flexibility index (Phi) is 9.83. The summed E-state index contributed by atoms with van der Waals surface area (Å²) in [7, 11) is 1.25. The fraction of sp³-hybridized carbons (Fsp3) is 0.357. The molecule has 0 heterocycles. The molecule has 9 heteroatoms. The van der Waals surface area contributed by atoms with Gasteiger partial charge in [-0.3, -0.25) is 26.0 Å². The second kappa shape index (κ2) is 13.2. The predicted molar refractivity (Wildman–Crippen MR) is 140 cm³/mol. The van der Waals surface area contributed by atoms with Gasteiger partial charge in [0.2, 0.25) is 5.91 Å². The number of rotatable bonds is 13. The van der Waals surface area contributed by atoms with E-state index in [2.05, 4.69) is 29.0 Å². The molecule has 0 bridgehead atoms. The molecule has 37 heavy (non-hydrogen) atoms. The van der Waals surface area contributed by atoms with Crippen molar-refractivity contribution >= 4 is 23.8 Å². The molecule has 0 aliphatic heterocycles. The maximum Gasteiger partial charge on any atom is 0.338 e. The zero-order chi connectivity index (χ0) is 26.8. The Morgan fingerprint density at radius 2 is 1.70 bits per heavy atom. The second-order valence-corrected chi connectivity index (χ2v) is 8.94. The number of nitrogens with two attached hydrogens (primary N) is 2. The molecule has 0 saturated carbocycles. The van der Waals surface area contributed by atoms with Crippen molar-refractivity contribution in [2.45, 2.75) is 37.6 Å². The lowest BCUT2D eigenvalue weighted by Gasteiger charge is -2.21. The number of ether oxygens (including phenoxy) is 2. The van der Waals surface area contributed by atoms with Gasteiger partial charge in [-0.2, -0.15) is 0 Å². The van der Waals surface area contributed by atoms with Crippen LogP contribution in [-0.2, 0) is 23.9 Å². The van der Waals surface area contributed by atoms with E-state index in [1.54, 1.807) is 0 Å². The third kappa shape index (κ3) is 7.19. The standard InChI is InChI=1S/C28H34N4O5/c1-3-9-24(27(35)36-2)32-26(34)18(10-8-15-31-28(29)30)16-25(33)37-17-23-21-13-6-4-11-19(21)20-12-5-7-14-22(20)23/h3-7,11-14,18,23-24H,1,8-10,15-17H2,2H3,(H,32,34)(H4,29,30,31)/p+1/t18-,24-/m1/s1. The molecule has 2 atom stereocenters. The molecule has 9 nitrogen and oxygen atoms in total. The Hall–Kier alpha value is -4.14. The van der Waals surface area contributed by atoms with Crippen LogP contribution in [0.15, 0.2) is 61.2 Å². The van der Waals surface area contributed by atoms with Crippen molar-refractivity contribution in [3.8, 4) is 11.1 Å². The number of carbonyl (C=O) groups excluding carboxylic acids is 3. The van der Waals surface area contributed by atoms with Gasteiger partial charge in [0.05, 0.1) is 20.1 Å². The third-order valence-electron chi connectivity index (χ3n) is 6.42.